The average molecular weight is 464 g/mol. The van der Waals surface area contributed by atoms with Crippen molar-refractivity contribution < 1.29 is 18.0 Å². The summed E-state index contributed by atoms with van der Waals surface area (Å²) in [6.45, 7) is 2.65. The van der Waals surface area contributed by atoms with E-state index in [-0.39, 0.29) is 22.4 Å². The number of likely N-dealkylation sites (tertiary alicyclic amines) is 1. The zero-order chi connectivity index (χ0) is 23.2. The van der Waals surface area contributed by atoms with Crippen LogP contribution in [-0.2, 0) is 25.7 Å². The highest BCUT2D eigenvalue weighted by atomic mass is 35.5. The molecule has 1 aliphatic carbocycles. The summed E-state index contributed by atoms with van der Waals surface area (Å²) in [5.74, 6) is -0.178. The number of carbonyl (C=O) groups excluding carboxylic acids is 1. The van der Waals surface area contributed by atoms with E-state index in [9.17, 15) is 22.8 Å². The van der Waals surface area contributed by atoms with Gasteiger partial charge in [-0.05, 0) is 42.5 Å². The molecule has 0 bridgehead atoms. The number of halogens is 4. The molecule has 1 aromatic carbocycles. The topological polar surface area (TPSA) is 47.2 Å². The predicted octanol–water partition coefficient (Wildman–Crippen LogP) is 4.27. The van der Waals surface area contributed by atoms with Crippen molar-refractivity contribution in [2.75, 3.05) is 13.1 Å². The number of rotatable bonds is 2. The first kappa shape index (κ1) is 21.1. The minimum atomic E-state index is -4.54. The maximum atomic E-state index is 13.4. The predicted molar refractivity (Wildman–Crippen MR) is 115 cm³/mol. The number of hydrogen-bond acceptors (Lipinski definition) is 2. The van der Waals surface area contributed by atoms with E-state index in [4.69, 9.17) is 11.6 Å². The molecule has 2 aromatic heterocycles. The van der Waals surface area contributed by atoms with Crippen molar-refractivity contribution in [3.05, 3.63) is 68.2 Å². The molecule has 1 saturated heterocycles. The van der Waals surface area contributed by atoms with Gasteiger partial charge in [0, 0.05) is 45.0 Å². The molecule has 1 amide bonds. The summed E-state index contributed by atoms with van der Waals surface area (Å²) >= 11 is 5.79. The molecule has 168 valence electrons. The first-order chi connectivity index (χ1) is 14.9. The molecule has 5 nitrogen and oxygen atoms in total. The van der Waals surface area contributed by atoms with Gasteiger partial charge in [-0.15, -0.1) is 0 Å². The lowest BCUT2D eigenvalue weighted by Gasteiger charge is -2.22. The van der Waals surface area contributed by atoms with E-state index >= 15 is 0 Å². The van der Waals surface area contributed by atoms with Crippen LogP contribution in [0, 0.1) is 12.8 Å². The van der Waals surface area contributed by atoms with Crippen molar-refractivity contribution in [1.29, 1.82) is 0 Å². The van der Waals surface area contributed by atoms with Gasteiger partial charge in [-0.1, -0.05) is 17.7 Å². The lowest BCUT2D eigenvalue weighted by atomic mass is 9.93. The maximum absolute atomic E-state index is 13.4. The highest BCUT2D eigenvalue weighted by Gasteiger charge is 2.62. The normalized spacial score (nSPS) is 22.5. The summed E-state index contributed by atoms with van der Waals surface area (Å²) in [4.78, 5) is 27.9. The highest BCUT2D eigenvalue weighted by Crippen LogP contribution is 2.59. The third-order valence-electron chi connectivity index (χ3n) is 6.99. The van der Waals surface area contributed by atoms with Crippen LogP contribution in [-0.4, -0.2) is 33.0 Å². The lowest BCUT2D eigenvalue weighted by molar-refractivity contribution is -0.137. The number of pyridine rings is 1. The van der Waals surface area contributed by atoms with Crippen molar-refractivity contribution in [3.8, 4) is 0 Å². The fourth-order valence-electron chi connectivity index (χ4n) is 5.37. The Morgan fingerprint density at radius 3 is 2.59 bits per heavy atom. The van der Waals surface area contributed by atoms with Crippen LogP contribution in [0.4, 0.5) is 13.2 Å². The van der Waals surface area contributed by atoms with Gasteiger partial charge in [0.2, 0.25) is 0 Å². The number of hydrogen-bond donors (Lipinski definition) is 0. The number of aryl methyl sites for hydroxylation is 3. The van der Waals surface area contributed by atoms with Crippen molar-refractivity contribution >= 4 is 28.4 Å². The quantitative estimate of drug-likeness (QED) is 0.570. The summed E-state index contributed by atoms with van der Waals surface area (Å²) < 4.78 is 43.3. The van der Waals surface area contributed by atoms with Crippen LogP contribution in [0.5, 0.6) is 0 Å². The third kappa shape index (κ3) is 2.92. The fourth-order valence-corrected chi connectivity index (χ4v) is 5.60. The van der Waals surface area contributed by atoms with Crippen molar-refractivity contribution in [1.82, 2.24) is 14.0 Å². The van der Waals surface area contributed by atoms with Gasteiger partial charge in [0.1, 0.15) is 0 Å². The van der Waals surface area contributed by atoms with Gasteiger partial charge in [0.15, 0.2) is 0 Å². The van der Waals surface area contributed by atoms with E-state index in [0.717, 1.165) is 18.1 Å². The monoisotopic (exact) mass is 463 g/mol. The van der Waals surface area contributed by atoms with Crippen LogP contribution in [0.2, 0.25) is 5.02 Å². The molecule has 0 N–H and O–H groups in total. The molecular weight excluding hydrogens is 443 g/mol. The Balaban J connectivity index is 1.51. The molecule has 2 unspecified atom stereocenters. The molecule has 32 heavy (non-hydrogen) atoms. The van der Waals surface area contributed by atoms with E-state index in [2.05, 4.69) is 0 Å². The second-order valence-electron chi connectivity index (χ2n) is 9.04. The Morgan fingerprint density at radius 2 is 1.91 bits per heavy atom. The summed E-state index contributed by atoms with van der Waals surface area (Å²) in [6, 6.07) is 4.03. The number of nitrogens with zero attached hydrogens (tertiary/aromatic N) is 3. The molecule has 0 radical (unpaired) electrons. The van der Waals surface area contributed by atoms with Gasteiger partial charge in [0.25, 0.3) is 11.5 Å². The number of aromatic nitrogens is 2. The van der Waals surface area contributed by atoms with E-state index < -0.39 is 17.2 Å². The van der Waals surface area contributed by atoms with Gasteiger partial charge in [-0.2, -0.15) is 13.2 Å². The van der Waals surface area contributed by atoms with Crippen molar-refractivity contribution in [3.63, 3.8) is 0 Å². The summed E-state index contributed by atoms with van der Waals surface area (Å²) in [5.41, 5.74) is 0.879. The minimum absolute atomic E-state index is 0.0910. The van der Waals surface area contributed by atoms with Gasteiger partial charge in [-0.25, -0.2) is 0 Å². The van der Waals surface area contributed by atoms with Crippen LogP contribution < -0.4 is 5.56 Å². The zero-order valence-electron chi connectivity index (χ0n) is 17.8. The largest absolute Gasteiger partial charge is 0.417 e. The molecule has 1 aliphatic heterocycles. The molecule has 3 aromatic rings. The Bertz CT molecular complexity index is 1360. The molecule has 2 atom stereocenters. The van der Waals surface area contributed by atoms with E-state index in [1.807, 2.05) is 6.92 Å². The number of benzene rings is 1. The van der Waals surface area contributed by atoms with E-state index in [1.54, 1.807) is 42.0 Å². The zero-order valence-corrected chi connectivity index (χ0v) is 18.5. The highest BCUT2D eigenvalue weighted by molar-refractivity contribution is 6.31. The number of amides is 1. The first-order valence-electron chi connectivity index (χ1n) is 10.3. The molecular formula is C23H21ClF3N3O2. The molecule has 1 saturated carbocycles. The van der Waals surface area contributed by atoms with E-state index in [0.29, 0.717) is 35.1 Å². The molecule has 9 heteroatoms. The van der Waals surface area contributed by atoms with Gasteiger partial charge < -0.3 is 14.0 Å². The number of piperidine rings is 1. The molecule has 5 rings (SSSR count). The van der Waals surface area contributed by atoms with Crippen LogP contribution >= 0.6 is 11.6 Å². The summed E-state index contributed by atoms with van der Waals surface area (Å²) in [6.07, 6.45) is -0.408. The Morgan fingerprint density at radius 1 is 1.19 bits per heavy atom. The fraction of sp³-hybridized carbons (Fsp3) is 0.391. The van der Waals surface area contributed by atoms with Gasteiger partial charge in [-0.3, -0.25) is 9.59 Å². The Labute approximate surface area is 187 Å². The molecule has 2 aliphatic rings. The molecule has 2 fully saturated rings. The van der Waals surface area contributed by atoms with Crippen LogP contribution in [0.25, 0.3) is 10.9 Å². The van der Waals surface area contributed by atoms with E-state index in [1.165, 1.54) is 10.6 Å². The number of carbonyl (C=O) groups is 1. The van der Waals surface area contributed by atoms with Crippen LogP contribution in [0.15, 0.2) is 35.4 Å². The summed E-state index contributed by atoms with van der Waals surface area (Å²) in [5, 5.41) is 0.0447. The van der Waals surface area contributed by atoms with Gasteiger partial charge >= 0.3 is 6.18 Å². The first-order valence-corrected chi connectivity index (χ1v) is 10.6. The van der Waals surface area contributed by atoms with Gasteiger partial charge in [0.05, 0.1) is 27.1 Å². The Kier molecular flexibility index (Phi) is 4.38. The van der Waals surface area contributed by atoms with Crippen molar-refractivity contribution in [2.45, 2.75) is 24.9 Å². The standard InChI is InChI=1S/C23H21ClF3N3O2/c1-12-8-29(3)21(32)18-15(10-28(2)19(12)18)20(31)30-9-14-7-22(14,11-30)13-4-5-17(24)16(6-13)23(25,26)27/h4-6,8,10,14H,7,9,11H2,1-3H3. The second kappa shape index (κ2) is 6.63. The third-order valence-corrected chi connectivity index (χ3v) is 7.32. The van der Waals surface area contributed by atoms with Crippen molar-refractivity contribution in [2.24, 2.45) is 20.0 Å². The summed E-state index contributed by atoms with van der Waals surface area (Å²) in [7, 11) is 3.44. The lowest BCUT2D eigenvalue weighted by Crippen LogP contribution is -2.33. The maximum Gasteiger partial charge on any atom is 0.417 e. The second-order valence-corrected chi connectivity index (χ2v) is 9.45. The Hall–Kier alpha value is -2.74. The van der Waals surface area contributed by atoms with Crippen LogP contribution in [0.3, 0.4) is 0 Å². The average Bonchev–Trinajstić information content (AvgIpc) is 3.09. The number of alkyl halides is 3. The van der Waals surface area contributed by atoms with Crippen LogP contribution in [0.1, 0.15) is 33.5 Å². The molecule has 0 spiro atoms. The minimum Gasteiger partial charge on any atom is -0.349 e. The molecule has 3 heterocycles. The SMILES string of the molecule is Cc1cn(C)c(=O)c2c(C(=O)N3CC4CC4(c4ccc(Cl)c(C(F)(F)F)c4)C3)cn(C)c12. The number of fused-ring (bicyclic) bond motifs is 2. The smallest absolute Gasteiger partial charge is 0.349 e.